The molecule has 1 fully saturated rings. The molecule has 0 aliphatic carbocycles. The van der Waals surface area contributed by atoms with Crippen LogP contribution in [0.25, 0.3) is 0 Å². The van der Waals surface area contributed by atoms with Crippen molar-refractivity contribution in [3.8, 4) is 0 Å². The van der Waals surface area contributed by atoms with Crippen molar-refractivity contribution in [3.63, 3.8) is 0 Å². The summed E-state index contributed by atoms with van der Waals surface area (Å²) in [6, 6.07) is 14.3. The summed E-state index contributed by atoms with van der Waals surface area (Å²) >= 11 is 1.60. The van der Waals surface area contributed by atoms with E-state index in [-0.39, 0.29) is 5.91 Å². The molecule has 1 aliphatic rings. The average molecular weight is 396 g/mol. The number of benzene rings is 1. The third-order valence-electron chi connectivity index (χ3n) is 5.28. The van der Waals surface area contributed by atoms with E-state index in [0.717, 1.165) is 43.3 Å². The van der Waals surface area contributed by atoms with Gasteiger partial charge in [0.25, 0.3) is 5.91 Å². The standard InChI is InChI=1S/C22H25N3O2S/c1-24-15-12-23-22(24)28-16-19-9-10-20(27-19)21(26)25-13-5-8-18(11-14-25)17-6-3-2-4-7-17/h2-4,6-7,9-10,12,15,18H,5,8,11,13-14,16H2,1H3. The molecule has 0 saturated carbocycles. The molecule has 3 aromatic rings. The molecule has 1 amide bonds. The first-order valence-electron chi connectivity index (χ1n) is 9.74. The van der Waals surface area contributed by atoms with E-state index in [4.69, 9.17) is 4.42 Å². The number of thioether (sulfide) groups is 1. The van der Waals surface area contributed by atoms with Crippen LogP contribution in [0.4, 0.5) is 0 Å². The van der Waals surface area contributed by atoms with E-state index in [1.54, 1.807) is 24.0 Å². The van der Waals surface area contributed by atoms with Crippen LogP contribution in [0.3, 0.4) is 0 Å². The van der Waals surface area contributed by atoms with Gasteiger partial charge in [0.1, 0.15) is 5.76 Å². The third-order valence-corrected chi connectivity index (χ3v) is 6.36. The fourth-order valence-corrected chi connectivity index (χ4v) is 4.54. The minimum atomic E-state index is 0.00181. The quantitative estimate of drug-likeness (QED) is 0.587. The van der Waals surface area contributed by atoms with Gasteiger partial charge >= 0.3 is 0 Å². The molecule has 0 bridgehead atoms. The van der Waals surface area contributed by atoms with Crippen molar-refractivity contribution in [2.45, 2.75) is 36.1 Å². The van der Waals surface area contributed by atoms with Gasteiger partial charge in [-0.3, -0.25) is 4.79 Å². The summed E-state index contributed by atoms with van der Waals surface area (Å²) in [7, 11) is 1.97. The molecule has 28 heavy (non-hydrogen) atoms. The maximum Gasteiger partial charge on any atom is 0.289 e. The van der Waals surface area contributed by atoms with Crippen LogP contribution in [-0.4, -0.2) is 33.4 Å². The Morgan fingerprint density at radius 3 is 2.82 bits per heavy atom. The van der Waals surface area contributed by atoms with Crippen LogP contribution < -0.4 is 0 Å². The smallest absolute Gasteiger partial charge is 0.289 e. The Labute approximate surface area is 169 Å². The van der Waals surface area contributed by atoms with Gasteiger partial charge in [-0.25, -0.2) is 4.98 Å². The second-order valence-corrected chi connectivity index (χ2v) is 8.15. The monoisotopic (exact) mass is 395 g/mol. The second kappa shape index (κ2) is 8.69. The lowest BCUT2D eigenvalue weighted by atomic mass is 9.92. The molecule has 0 spiro atoms. The molecule has 1 aliphatic heterocycles. The number of carbonyl (C=O) groups is 1. The molecule has 3 heterocycles. The number of amides is 1. The van der Waals surface area contributed by atoms with Crippen molar-refractivity contribution >= 4 is 17.7 Å². The minimum Gasteiger partial charge on any atom is -0.455 e. The van der Waals surface area contributed by atoms with E-state index < -0.39 is 0 Å². The first kappa shape index (κ1) is 18.9. The second-order valence-electron chi connectivity index (χ2n) is 7.21. The highest BCUT2D eigenvalue weighted by Crippen LogP contribution is 2.29. The Morgan fingerprint density at radius 1 is 1.18 bits per heavy atom. The maximum atomic E-state index is 12.9. The highest BCUT2D eigenvalue weighted by molar-refractivity contribution is 7.98. The van der Waals surface area contributed by atoms with Crippen molar-refractivity contribution in [2.75, 3.05) is 13.1 Å². The zero-order valence-corrected chi connectivity index (χ0v) is 16.9. The maximum absolute atomic E-state index is 12.9. The first-order valence-corrected chi connectivity index (χ1v) is 10.7. The number of imidazole rings is 1. The molecule has 1 unspecified atom stereocenters. The van der Waals surface area contributed by atoms with Crippen molar-refractivity contribution in [1.82, 2.24) is 14.5 Å². The topological polar surface area (TPSA) is 51.3 Å². The van der Waals surface area contributed by atoms with E-state index in [0.29, 0.717) is 17.4 Å². The number of hydrogen-bond acceptors (Lipinski definition) is 4. The number of aromatic nitrogens is 2. The van der Waals surface area contributed by atoms with Crippen LogP contribution in [-0.2, 0) is 12.8 Å². The Bertz CT molecular complexity index is 919. The predicted molar refractivity (Wildman–Crippen MR) is 110 cm³/mol. The molecule has 2 aromatic heterocycles. The van der Waals surface area contributed by atoms with Gasteiger partial charge in [-0.05, 0) is 42.9 Å². The molecule has 1 aromatic carbocycles. The fourth-order valence-electron chi connectivity index (χ4n) is 3.71. The van der Waals surface area contributed by atoms with Crippen LogP contribution in [0, 0.1) is 0 Å². The lowest BCUT2D eigenvalue weighted by molar-refractivity contribution is 0.0727. The van der Waals surface area contributed by atoms with E-state index in [9.17, 15) is 4.79 Å². The van der Waals surface area contributed by atoms with Crippen LogP contribution >= 0.6 is 11.8 Å². The van der Waals surface area contributed by atoms with E-state index in [2.05, 4.69) is 35.3 Å². The van der Waals surface area contributed by atoms with Crippen LogP contribution in [0.2, 0.25) is 0 Å². The van der Waals surface area contributed by atoms with Gasteiger partial charge in [0, 0.05) is 32.5 Å². The summed E-state index contributed by atoms with van der Waals surface area (Å²) in [5, 5.41) is 0.934. The zero-order chi connectivity index (χ0) is 19.3. The highest BCUT2D eigenvalue weighted by atomic mass is 32.2. The van der Waals surface area contributed by atoms with Gasteiger partial charge in [0.15, 0.2) is 10.9 Å². The summed E-state index contributed by atoms with van der Waals surface area (Å²) in [5.41, 5.74) is 1.38. The third kappa shape index (κ3) is 4.33. The molecular weight excluding hydrogens is 370 g/mol. The normalized spacial score (nSPS) is 17.5. The number of likely N-dealkylation sites (tertiary alicyclic amines) is 1. The van der Waals surface area contributed by atoms with Crippen molar-refractivity contribution < 1.29 is 9.21 Å². The van der Waals surface area contributed by atoms with Crippen LogP contribution in [0.5, 0.6) is 0 Å². The van der Waals surface area contributed by atoms with E-state index >= 15 is 0 Å². The number of hydrogen-bond donors (Lipinski definition) is 0. The molecule has 1 saturated heterocycles. The molecule has 5 nitrogen and oxygen atoms in total. The summed E-state index contributed by atoms with van der Waals surface area (Å²) < 4.78 is 7.81. The van der Waals surface area contributed by atoms with Gasteiger partial charge in [-0.2, -0.15) is 0 Å². The molecule has 1 atom stereocenters. The van der Waals surface area contributed by atoms with Crippen LogP contribution in [0.1, 0.15) is 47.1 Å². The predicted octanol–water partition coefficient (Wildman–Crippen LogP) is 4.72. The van der Waals surface area contributed by atoms with Crippen molar-refractivity contribution in [2.24, 2.45) is 7.05 Å². The summed E-state index contributed by atoms with van der Waals surface area (Å²) in [5.74, 6) is 2.43. The lowest BCUT2D eigenvalue weighted by Crippen LogP contribution is -2.31. The number of rotatable bonds is 5. The Balaban J connectivity index is 1.35. The molecule has 4 rings (SSSR count). The zero-order valence-electron chi connectivity index (χ0n) is 16.1. The Morgan fingerprint density at radius 2 is 2.04 bits per heavy atom. The molecule has 146 valence electrons. The Kier molecular flexibility index (Phi) is 5.86. The summed E-state index contributed by atoms with van der Waals surface area (Å²) in [4.78, 5) is 19.1. The van der Waals surface area contributed by atoms with E-state index in [1.807, 2.05) is 28.8 Å². The molecule has 0 N–H and O–H groups in total. The summed E-state index contributed by atoms with van der Waals surface area (Å²) in [6.07, 6.45) is 6.84. The van der Waals surface area contributed by atoms with Crippen LogP contribution in [0.15, 0.2) is 64.4 Å². The number of nitrogens with zero attached hydrogens (tertiary/aromatic N) is 3. The Hall–Kier alpha value is -2.47. The largest absolute Gasteiger partial charge is 0.455 e. The SMILES string of the molecule is Cn1ccnc1SCc1ccc(C(=O)N2CCCC(c3ccccc3)CC2)o1. The van der Waals surface area contributed by atoms with Gasteiger partial charge in [0.05, 0.1) is 5.75 Å². The van der Waals surface area contributed by atoms with Gasteiger partial charge in [0.2, 0.25) is 0 Å². The van der Waals surface area contributed by atoms with Crippen molar-refractivity contribution in [1.29, 1.82) is 0 Å². The highest BCUT2D eigenvalue weighted by Gasteiger charge is 2.24. The van der Waals surface area contributed by atoms with Gasteiger partial charge in [-0.1, -0.05) is 42.1 Å². The first-order chi connectivity index (χ1) is 13.7. The average Bonchev–Trinajstić information content (AvgIpc) is 3.28. The van der Waals surface area contributed by atoms with E-state index in [1.165, 1.54) is 5.56 Å². The molecular formula is C22H25N3O2S. The minimum absolute atomic E-state index is 0.00181. The van der Waals surface area contributed by atoms with Crippen molar-refractivity contribution in [3.05, 3.63) is 71.9 Å². The fraction of sp³-hybridized carbons (Fsp3) is 0.364. The molecule has 6 heteroatoms. The van der Waals surface area contributed by atoms with Gasteiger partial charge in [-0.15, -0.1) is 0 Å². The number of furan rings is 1. The summed E-state index contributed by atoms with van der Waals surface area (Å²) in [6.45, 7) is 1.57. The number of carbonyl (C=O) groups excluding carboxylic acids is 1. The lowest BCUT2D eigenvalue weighted by Gasteiger charge is -2.19. The molecule has 0 radical (unpaired) electrons. The number of aryl methyl sites for hydroxylation is 1. The van der Waals surface area contributed by atoms with Gasteiger partial charge < -0.3 is 13.9 Å².